The maximum Gasteiger partial charge on any atom is 0.407 e. The molecular formula is C16H21N3O2S. The number of ether oxygens (including phenoxy) is 1. The average molecular weight is 319 g/mol. The molecule has 0 aliphatic heterocycles. The molecule has 3 N–H and O–H groups in total. The highest BCUT2D eigenvalue weighted by Crippen LogP contribution is 2.09. The number of aromatic nitrogens is 1. The number of carbonyl (C=O) groups excluding carboxylic acids is 1. The highest BCUT2D eigenvalue weighted by atomic mass is 32.1. The lowest BCUT2D eigenvalue weighted by Gasteiger charge is -2.18. The Morgan fingerprint density at radius 1 is 1.36 bits per heavy atom. The van der Waals surface area contributed by atoms with E-state index in [0.717, 1.165) is 24.1 Å². The zero-order valence-electron chi connectivity index (χ0n) is 12.4. The van der Waals surface area contributed by atoms with Gasteiger partial charge in [-0.15, -0.1) is 11.3 Å². The van der Waals surface area contributed by atoms with Gasteiger partial charge in [-0.2, -0.15) is 0 Å². The molecule has 1 aromatic heterocycles. The lowest BCUT2D eigenvalue weighted by Crippen LogP contribution is -2.37. The molecule has 0 unspecified atom stereocenters. The van der Waals surface area contributed by atoms with Crippen LogP contribution < -0.4 is 11.1 Å². The smallest absolute Gasteiger partial charge is 0.407 e. The van der Waals surface area contributed by atoms with Gasteiger partial charge in [0.05, 0.1) is 10.4 Å². The predicted octanol–water partition coefficient (Wildman–Crippen LogP) is 2.72. The Kier molecular flexibility index (Phi) is 6.86. The lowest BCUT2D eigenvalue weighted by atomic mass is 10.0. The van der Waals surface area contributed by atoms with E-state index in [9.17, 15) is 4.79 Å². The molecule has 1 atom stereocenters. The van der Waals surface area contributed by atoms with Crippen LogP contribution in [0, 0.1) is 0 Å². The van der Waals surface area contributed by atoms with Crippen molar-refractivity contribution in [3.8, 4) is 0 Å². The summed E-state index contributed by atoms with van der Waals surface area (Å²) in [5.74, 6) is 0. The first kappa shape index (κ1) is 16.5. The molecule has 0 fully saturated rings. The Labute approximate surface area is 134 Å². The number of hydrogen-bond acceptors (Lipinski definition) is 5. The van der Waals surface area contributed by atoms with Crippen LogP contribution in [0.5, 0.6) is 0 Å². The van der Waals surface area contributed by atoms with E-state index in [0.29, 0.717) is 6.54 Å². The van der Waals surface area contributed by atoms with Gasteiger partial charge in [0.15, 0.2) is 0 Å². The number of nitrogens with zero attached hydrogens (tertiary/aromatic N) is 1. The number of hydrogen-bond donors (Lipinski definition) is 2. The quantitative estimate of drug-likeness (QED) is 0.784. The van der Waals surface area contributed by atoms with Crippen LogP contribution in [0.3, 0.4) is 0 Å². The number of nitrogens with two attached hydrogens (primary N) is 1. The lowest BCUT2D eigenvalue weighted by molar-refractivity contribution is 0.136. The van der Waals surface area contributed by atoms with Crippen molar-refractivity contribution in [3.05, 3.63) is 52.5 Å². The van der Waals surface area contributed by atoms with Gasteiger partial charge in [0, 0.05) is 12.2 Å². The molecule has 0 spiro atoms. The predicted molar refractivity (Wildman–Crippen MR) is 87.7 cm³/mol. The molecule has 22 heavy (non-hydrogen) atoms. The molecule has 6 heteroatoms. The van der Waals surface area contributed by atoms with E-state index >= 15 is 0 Å². The molecule has 1 heterocycles. The van der Waals surface area contributed by atoms with E-state index in [2.05, 4.69) is 22.4 Å². The van der Waals surface area contributed by atoms with Crippen LogP contribution in [0.4, 0.5) is 4.79 Å². The third kappa shape index (κ3) is 5.83. The van der Waals surface area contributed by atoms with Crippen molar-refractivity contribution in [1.29, 1.82) is 0 Å². The van der Waals surface area contributed by atoms with Gasteiger partial charge < -0.3 is 15.8 Å². The van der Waals surface area contributed by atoms with Gasteiger partial charge in [-0.05, 0) is 31.4 Å². The largest absolute Gasteiger partial charge is 0.444 e. The molecule has 0 aliphatic rings. The first-order valence-corrected chi connectivity index (χ1v) is 8.20. The second kappa shape index (κ2) is 9.17. The number of rotatable bonds is 8. The third-order valence-corrected chi connectivity index (χ3v) is 3.99. The van der Waals surface area contributed by atoms with Crippen LogP contribution in [0.15, 0.2) is 42.0 Å². The molecule has 0 saturated heterocycles. The van der Waals surface area contributed by atoms with Crippen molar-refractivity contribution in [3.63, 3.8) is 0 Å². The van der Waals surface area contributed by atoms with E-state index in [1.807, 2.05) is 18.2 Å². The summed E-state index contributed by atoms with van der Waals surface area (Å²) in [6, 6.07) is 10.1. The van der Waals surface area contributed by atoms with Crippen molar-refractivity contribution >= 4 is 17.4 Å². The molecule has 1 aromatic carbocycles. The van der Waals surface area contributed by atoms with E-state index in [1.165, 1.54) is 16.9 Å². The fourth-order valence-corrected chi connectivity index (χ4v) is 2.65. The highest BCUT2D eigenvalue weighted by Gasteiger charge is 2.14. The second-order valence-electron chi connectivity index (χ2n) is 5.01. The number of carbonyl (C=O) groups is 1. The van der Waals surface area contributed by atoms with Gasteiger partial charge in [-0.25, -0.2) is 4.79 Å². The minimum absolute atomic E-state index is 0.0277. The normalized spacial score (nSPS) is 11.9. The number of benzene rings is 1. The molecule has 1 amide bonds. The van der Waals surface area contributed by atoms with Gasteiger partial charge >= 0.3 is 6.09 Å². The van der Waals surface area contributed by atoms with Crippen molar-refractivity contribution in [2.75, 3.05) is 6.54 Å². The number of alkyl carbamates (subject to hydrolysis) is 1. The SMILES string of the molecule is NCCC[C@H](Cc1ccccc1)NC(=O)OCc1cncs1. The van der Waals surface area contributed by atoms with Gasteiger partial charge in [0.25, 0.3) is 0 Å². The van der Waals surface area contributed by atoms with Crippen LogP contribution in [-0.4, -0.2) is 23.7 Å². The van der Waals surface area contributed by atoms with Crippen LogP contribution in [-0.2, 0) is 17.8 Å². The standard InChI is InChI=1S/C16H21N3O2S/c17-8-4-7-14(9-13-5-2-1-3-6-13)19-16(20)21-11-15-10-18-12-22-15/h1-3,5-6,10,12,14H,4,7-9,11,17H2,(H,19,20)/t14-/m1/s1. The highest BCUT2D eigenvalue weighted by molar-refractivity contribution is 7.09. The number of amides is 1. The molecule has 5 nitrogen and oxygen atoms in total. The maximum atomic E-state index is 11.9. The van der Waals surface area contributed by atoms with Gasteiger partial charge in [0.2, 0.25) is 0 Å². The average Bonchev–Trinajstić information content (AvgIpc) is 3.05. The number of nitrogens with one attached hydrogen (secondary N) is 1. The Bertz CT molecular complexity index is 546. The summed E-state index contributed by atoms with van der Waals surface area (Å²) in [4.78, 5) is 16.8. The minimum Gasteiger partial charge on any atom is -0.444 e. The summed E-state index contributed by atoms with van der Waals surface area (Å²) >= 11 is 1.47. The van der Waals surface area contributed by atoms with E-state index in [4.69, 9.17) is 10.5 Å². The summed E-state index contributed by atoms with van der Waals surface area (Å²) in [5.41, 5.74) is 8.48. The van der Waals surface area contributed by atoms with Gasteiger partial charge in [-0.1, -0.05) is 30.3 Å². The van der Waals surface area contributed by atoms with Crippen molar-refractivity contribution in [2.45, 2.75) is 31.9 Å². The molecule has 0 radical (unpaired) electrons. The Morgan fingerprint density at radius 2 is 2.18 bits per heavy atom. The summed E-state index contributed by atoms with van der Waals surface area (Å²) in [5, 5.41) is 2.93. The maximum absolute atomic E-state index is 11.9. The van der Waals surface area contributed by atoms with Crippen molar-refractivity contribution < 1.29 is 9.53 Å². The molecule has 2 aromatic rings. The number of thiazole rings is 1. The first-order valence-electron chi connectivity index (χ1n) is 7.32. The fraction of sp³-hybridized carbons (Fsp3) is 0.375. The van der Waals surface area contributed by atoms with Gasteiger partial charge in [0.1, 0.15) is 6.61 Å². The summed E-state index contributed by atoms with van der Waals surface area (Å²) < 4.78 is 5.22. The van der Waals surface area contributed by atoms with E-state index in [1.54, 1.807) is 11.7 Å². The molecule has 0 bridgehead atoms. The summed E-state index contributed by atoms with van der Waals surface area (Å²) in [7, 11) is 0. The monoisotopic (exact) mass is 319 g/mol. The van der Waals surface area contributed by atoms with E-state index in [-0.39, 0.29) is 12.6 Å². The van der Waals surface area contributed by atoms with Gasteiger partial charge in [-0.3, -0.25) is 4.98 Å². The summed E-state index contributed by atoms with van der Waals surface area (Å²) in [6.07, 6.45) is 3.78. The summed E-state index contributed by atoms with van der Waals surface area (Å²) in [6.45, 7) is 0.869. The van der Waals surface area contributed by atoms with E-state index < -0.39 is 6.09 Å². The van der Waals surface area contributed by atoms with Crippen LogP contribution in [0.25, 0.3) is 0 Å². The Morgan fingerprint density at radius 3 is 2.86 bits per heavy atom. The van der Waals surface area contributed by atoms with Crippen molar-refractivity contribution in [2.24, 2.45) is 5.73 Å². The molecule has 2 rings (SSSR count). The third-order valence-electron chi connectivity index (χ3n) is 3.23. The fourth-order valence-electron chi connectivity index (χ4n) is 2.15. The first-order chi connectivity index (χ1) is 10.8. The zero-order chi connectivity index (χ0) is 15.6. The van der Waals surface area contributed by atoms with Crippen LogP contribution in [0.2, 0.25) is 0 Å². The molecular weight excluding hydrogens is 298 g/mol. The Balaban J connectivity index is 1.83. The van der Waals surface area contributed by atoms with Crippen LogP contribution in [0.1, 0.15) is 23.3 Å². The molecule has 0 aliphatic carbocycles. The van der Waals surface area contributed by atoms with Crippen molar-refractivity contribution in [1.82, 2.24) is 10.3 Å². The second-order valence-corrected chi connectivity index (χ2v) is 5.98. The molecule has 0 saturated carbocycles. The Hall–Kier alpha value is -1.92. The minimum atomic E-state index is -0.397. The zero-order valence-corrected chi connectivity index (χ0v) is 13.2. The van der Waals surface area contributed by atoms with Crippen LogP contribution >= 0.6 is 11.3 Å². The topological polar surface area (TPSA) is 77.2 Å². The molecule has 118 valence electrons.